The Morgan fingerprint density at radius 2 is 2.41 bits per heavy atom. The number of benzene rings is 1. The van der Waals surface area contributed by atoms with Gasteiger partial charge in [0.15, 0.2) is 0 Å². The molecule has 0 bridgehead atoms. The maximum absolute atomic E-state index is 5.69. The number of anilines is 1. The summed E-state index contributed by atoms with van der Waals surface area (Å²) in [5.74, 6) is 0. The van der Waals surface area contributed by atoms with Crippen LogP contribution < -0.4 is 11.1 Å². The molecule has 3 nitrogen and oxygen atoms in total. The van der Waals surface area contributed by atoms with Gasteiger partial charge in [-0.1, -0.05) is 28.1 Å². The molecule has 1 aliphatic rings. The molecule has 2 rings (SSSR count). The third-order valence-corrected chi connectivity index (χ3v) is 3.50. The molecule has 1 heterocycles. The van der Waals surface area contributed by atoms with Crippen molar-refractivity contribution in [1.82, 2.24) is 0 Å². The fraction of sp³-hybridized carbons (Fsp3) is 0.417. The van der Waals surface area contributed by atoms with Crippen molar-refractivity contribution in [1.29, 1.82) is 0 Å². The lowest BCUT2D eigenvalue weighted by molar-refractivity contribution is 0.120. The first kappa shape index (κ1) is 12.8. The van der Waals surface area contributed by atoms with E-state index in [-0.39, 0.29) is 0 Å². The zero-order chi connectivity index (χ0) is 12.3. The Kier molecular flexibility index (Phi) is 4.36. The third kappa shape index (κ3) is 3.40. The standard InChI is InChI=1S/C12H15BrN2OS/c13-8-3-4-10(12(14)17)11(6-8)15-7-9-2-1-5-16-9/h3-4,6,9,15H,1-2,5,7H2,(H2,14,17). The molecule has 1 aromatic rings. The molecule has 0 saturated carbocycles. The average Bonchev–Trinajstić information content (AvgIpc) is 2.78. The summed E-state index contributed by atoms with van der Waals surface area (Å²) in [6.07, 6.45) is 2.56. The van der Waals surface area contributed by atoms with Crippen LogP contribution in [-0.4, -0.2) is 24.2 Å². The van der Waals surface area contributed by atoms with Crippen molar-refractivity contribution >= 4 is 38.8 Å². The van der Waals surface area contributed by atoms with Crippen LogP contribution in [0.1, 0.15) is 18.4 Å². The topological polar surface area (TPSA) is 47.3 Å². The molecule has 1 aliphatic heterocycles. The average molecular weight is 315 g/mol. The van der Waals surface area contributed by atoms with Crippen LogP contribution in [0, 0.1) is 0 Å². The van der Waals surface area contributed by atoms with Crippen LogP contribution in [0.15, 0.2) is 22.7 Å². The van der Waals surface area contributed by atoms with E-state index >= 15 is 0 Å². The molecule has 0 radical (unpaired) electrons. The summed E-state index contributed by atoms with van der Waals surface area (Å²) in [5, 5.41) is 3.35. The van der Waals surface area contributed by atoms with Gasteiger partial charge in [0.05, 0.1) is 6.10 Å². The number of thiocarbonyl (C=S) groups is 1. The molecule has 0 aromatic heterocycles. The minimum Gasteiger partial charge on any atom is -0.389 e. The lowest BCUT2D eigenvalue weighted by atomic mass is 10.1. The van der Waals surface area contributed by atoms with Gasteiger partial charge >= 0.3 is 0 Å². The number of halogens is 1. The summed E-state index contributed by atoms with van der Waals surface area (Å²) in [6.45, 7) is 1.67. The fourth-order valence-corrected chi connectivity index (χ4v) is 2.45. The highest BCUT2D eigenvalue weighted by molar-refractivity contribution is 9.10. The van der Waals surface area contributed by atoms with Gasteiger partial charge in [0.1, 0.15) is 4.99 Å². The van der Waals surface area contributed by atoms with Gasteiger partial charge in [-0.2, -0.15) is 0 Å². The second kappa shape index (κ2) is 5.80. The predicted octanol–water partition coefficient (Wildman–Crippen LogP) is 2.67. The molecular formula is C12H15BrN2OS. The lowest BCUT2D eigenvalue weighted by Crippen LogP contribution is -2.20. The molecule has 1 unspecified atom stereocenters. The van der Waals surface area contributed by atoms with Crippen molar-refractivity contribution in [2.24, 2.45) is 5.73 Å². The van der Waals surface area contributed by atoms with Crippen molar-refractivity contribution in [3.8, 4) is 0 Å². The largest absolute Gasteiger partial charge is 0.389 e. The van der Waals surface area contributed by atoms with Gasteiger partial charge in [0.2, 0.25) is 0 Å². The quantitative estimate of drug-likeness (QED) is 0.839. The molecule has 1 atom stereocenters. The molecular weight excluding hydrogens is 300 g/mol. The van der Waals surface area contributed by atoms with E-state index < -0.39 is 0 Å². The summed E-state index contributed by atoms with van der Waals surface area (Å²) in [7, 11) is 0. The van der Waals surface area contributed by atoms with Crippen molar-refractivity contribution in [3.05, 3.63) is 28.2 Å². The number of nitrogens with two attached hydrogens (primary N) is 1. The van der Waals surface area contributed by atoms with Crippen LogP contribution in [0.2, 0.25) is 0 Å². The van der Waals surface area contributed by atoms with E-state index in [9.17, 15) is 0 Å². The minimum atomic E-state index is 0.299. The fourth-order valence-electron chi connectivity index (χ4n) is 1.91. The number of nitrogens with one attached hydrogen (secondary N) is 1. The molecule has 1 saturated heterocycles. The second-order valence-electron chi connectivity index (χ2n) is 4.07. The first-order valence-electron chi connectivity index (χ1n) is 5.61. The number of ether oxygens (including phenoxy) is 1. The summed E-state index contributed by atoms with van der Waals surface area (Å²) in [6, 6.07) is 5.85. The molecule has 3 N–H and O–H groups in total. The zero-order valence-corrected chi connectivity index (χ0v) is 11.8. The van der Waals surface area contributed by atoms with Gasteiger partial charge in [-0.05, 0) is 31.0 Å². The Labute approximate surface area is 115 Å². The van der Waals surface area contributed by atoms with Gasteiger partial charge in [0, 0.05) is 28.9 Å². The van der Waals surface area contributed by atoms with Crippen LogP contribution in [-0.2, 0) is 4.74 Å². The van der Waals surface area contributed by atoms with Crippen LogP contribution in [0.5, 0.6) is 0 Å². The van der Waals surface area contributed by atoms with Crippen LogP contribution in [0.4, 0.5) is 5.69 Å². The SMILES string of the molecule is NC(=S)c1ccc(Br)cc1NCC1CCCO1. The molecule has 0 amide bonds. The van der Waals surface area contributed by atoms with Crippen LogP contribution >= 0.6 is 28.1 Å². The summed E-state index contributed by atoms with van der Waals surface area (Å²) in [5.41, 5.74) is 7.53. The molecule has 0 aliphatic carbocycles. The zero-order valence-electron chi connectivity index (χ0n) is 9.41. The lowest BCUT2D eigenvalue weighted by Gasteiger charge is -2.15. The molecule has 1 fully saturated rings. The van der Waals surface area contributed by atoms with E-state index in [0.717, 1.165) is 41.7 Å². The Bertz CT molecular complexity index is 419. The Hall–Kier alpha value is -0.650. The highest BCUT2D eigenvalue weighted by Gasteiger charge is 2.15. The number of hydrogen-bond donors (Lipinski definition) is 2. The Morgan fingerprint density at radius 3 is 3.06 bits per heavy atom. The minimum absolute atomic E-state index is 0.299. The molecule has 17 heavy (non-hydrogen) atoms. The second-order valence-corrected chi connectivity index (χ2v) is 5.43. The monoisotopic (exact) mass is 314 g/mol. The summed E-state index contributed by atoms with van der Waals surface area (Å²) < 4.78 is 6.57. The first-order valence-corrected chi connectivity index (χ1v) is 6.82. The van der Waals surface area contributed by atoms with Gasteiger partial charge in [-0.25, -0.2) is 0 Å². The number of hydrogen-bond acceptors (Lipinski definition) is 3. The summed E-state index contributed by atoms with van der Waals surface area (Å²) in [4.78, 5) is 0.410. The molecule has 0 spiro atoms. The highest BCUT2D eigenvalue weighted by Crippen LogP contribution is 2.22. The predicted molar refractivity (Wildman–Crippen MR) is 77.5 cm³/mol. The van der Waals surface area contributed by atoms with E-state index in [1.807, 2.05) is 18.2 Å². The Balaban J connectivity index is 2.07. The van der Waals surface area contributed by atoms with Gasteiger partial charge < -0.3 is 15.8 Å². The van der Waals surface area contributed by atoms with Crippen molar-refractivity contribution in [3.63, 3.8) is 0 Å². The highest BCUT2D eigenvalue weighted by atomic mass is 79.9. The molecule has 1 aromatic carbocycles. The molecule has 5 heteroatoms. The van der Waals surface area contributed by atoms with Gasteiger partial charge in [0.25, 0.3) is 0 Å². The van der Waals surface area contributed by atoms with E-state index in [4.69, 9.17) is 22.7 Å². The maximum Gasteiger partial charge on any atom is 0.106 e. The van der Waals surface area contributed by atoms with Crippen molar-refractivity contribution < 1.29 is 4.74 Å². The first-order chi connectivity index (χ1) is 8.16. The van der Waals surface area contributed by atoms with Gasteiger partial charge in [-0.15, -0.1) is 0 Å². The molecule has 92 valence electrons. The smallest absolute Gasteiger partial charge is 0.106 e. The third-order valence-electron chi connectivity index (χ3n) is 2.79. The van der Waals surface area contributed by atoms with E-state index in [1.54, 1.807) is 0 Å². The van der Waals surface area contributed by atoms with E-state index in [2.05, 4.69) is 21.2 Å². The van der Waals surface area contributed by atoms with E-state index in [1.165, 1.54) is 0 Å². The summed E-state index contributed by atoms with van der Waals surface area (Å²) >= 11 is 8.48. The number of rotatable bonds is 4. The van der Waals surface area contributed by atoms with Crippen molar-refractivity contribution in [2.45, 2.75) is 18.9 Å². The van der Waals surface area contributed by atoms with Crippen LogP contribution in [0.3, 0.4) is 0 Å². The Morgan fingerprint density at radius 1 is 1.59 bits per heavy atom. The van der Waals surface area contributed by atoms with Gasteiger partial charge in [-0.3, -0.25) is 0 Å². The van der Waals surface area contributed by atoms with Crippen LogP contribution in [0.25, 0.3) is 0 Å². The van der Waals surface area contributed by atoms with E-state index in [0.29, 0.717) is 11.1 Å². The normalized spacial score (nSPS) is 19.2. The van der Waals surface area contributed by atoms with Crippen molar-refractivity contribution in [2.75, 3.05) is 18.5 Å². The maximum atomic E-state index is 5.69.